The predicted molar refractivity (Wildman–Crippen MR) is 100 cm³/mol. The normalized spacial score (nSPS) is 15.4. The number of benzene rings is 2. The molecular formula is C20H19NO5S. The third-order valence-electron chi connectivity index (χ3n) is 4.17. The van der Waals surface area contributed by atoms with Crippen LogP contribution in [0.15, 0.2) is 64.4 Å². The molecule has 0 saturated heterocycles. The van der Waals surface area contributed by atoms with Crippen molar-refractivity contribution in [2.45, 2.75) is 24.3 Å². The van der Waals surface area contributed by atoms with E-state index in [2.05, 4.69) is 5.32 Å². The van der Waals surface area contributed by atoms with Crippen molar-refractivity contribution in [3.8, 4) is 0 Å². The van der Waals surface area contributed by atoms with E-state index < -0.39 is 27.8 Å². The van der Waals surface area contributed by atoms with Gasteiger partial charge in [-0.3, -0.25) is 4.79 Å². The number of carbonyl (C=O) groups is 2. The van der Waals surface area contributed by atoms with E-state index in [0.717, 1.165) is 5.56 Å². The maximum absolute atomic E-state index is 12.7. The van der Waals surface area contributed by atoms with Crippen LogP contribution in [0.1, 0.15) is 18.1 Å². The van der Waals surface area contributed by atoms with Crippen molar-refractivity contribution in [2.75, 3.05) is 6.61 Å². The van der Waals surface area contributed by atoms with Crippen molar-refractivity contribution in [2.24, 2.45) is 0 Å². The van der Waals surface area contributed by atoms with E-state index in [0.29, 0.717) is 5.56 Å². The van der Waals surface area contributed by atoms with Crippen LogP contribution in [0.4, 0.5) is 0 Å². The zero-order valence-corrected chi connectivity index (χ0v) is 15.5. The summed E-state index contributed by atoms with van der Waals surface area (Å²) in [6.07, 6.45) is 1.52. The summed E-state index contributed by atoms with van der Waals surface area (Å²) >= 11 is 0. The molecule has 2 aromatic carbocycles. The lowest BCUT2D eigenvalue weighted by Crippen LogP contribution is -2.44. The fourth-order valence-corrected chi connectivity index (χ4v) is 4.40. The van der Waals surface area contributed by atoms with E-state index in [1.165, 1.54) is 12.1 Å². The van der Waals surface area contributed by atoms with Gasteiger partial charge in [0.2, 0.25) is 9.84 Å². The average molecular weight is 385 g/mol. The van der Waals surface area contributed by atoms with Gasteiger partial charge in [0.25, 0.3) is 5.91 Å². The van der Waals surface area contributed by atoms with Gasteiger partial charge >= 0.3 is 5.97 Å². The first-order chi connectivity index (χ1) is 12.9. The van der Waals surface area contributed by atoms with Crippen molar-refractivity contribution in [3.05, 3.63) is 70.6 Å². The summed E-state index contributed by atoms with van der Waals surface area (Å²) in [6, 6.07) is 14.5. The van der Waals surface area contributed by atoms with Gasteiger partial charge in [-0.25, -0.2) is 13.2 Å². The molecule has 0 fully saturated rings. The van der Waals surface area contributed by atoms with E-state index in [1.807, 2.05) is 30.3 Å². The molecule has 1 atom stereocenters. The van der Waals surface area contributed by atoms with Crippen LogP contribution < -0.4 is 5.32 Å². The van der Waals surface area contributed by atoms with Gasteiger partial charge in [-0.15, -0.1) is 0 Å². The Morgan fingerprint density at radius 3 is 2.37 bits per heavy atom. The lowest BCUT2D eigenvalue weighted by atomic mass is 10.1. The molecule has 1 amide bonds. The number of esters is 1. The minimum atomic E-state index is -3.91. The molecule has 6 nitrogen and oxygen atoms in total. The van der Waals surface area contributed by atoms with Crippen molar-refractivity contribution in [1.82, 2.24) is 5.32 Å². The quantitative estimate of drug-likeness (QED) is 0.769. The summed E-state index contributed by atoms with van der Waals surface area (Å²) in [4.78, 5) is 24.7. The number of hydrogen-bond donors (Lipinski definition) is 1. The van der Waals surface area contributed by atoms with Crippen LogP contribution in [0, 0.1) is 0 Å². The molecule has 27 heavy (non-hydrogen) atoms. The molecule has 0 aliphatic carbocycles. The number of rotatable bonds is 6. The van der Waals surface area contributed by atoms with Crippen LogP contribution in [0.3, 0.4) is 0 Å². The van der Waals surface area contributed by atoms with E-state index in [9.17, 15) is 18.0 Å². The molecule has 0 saturated carbocycles. The number of amides is 1. The van der Waals surface area contributed by atoms with Crippen molar-refractivity contribution < 1.29 is 22.7 Å². The third kappa shape index (κ3) is 3.93. The second-order valence-corrected chi connectivity index (χ2v) is 7.90. The molecule has 7 heteroatoms. The van der Waals surface area contributed by atoms with E-state index in [4.69, 9.17) is 4.74 Å². The zero-order valence-electron chi connectivity index (χ0n) is 14.7. The number of nitrogens with one attached hydrogen (secondary N) is 1. The van der Waals surface area contributed by atoms with Crippen LogP contribution in [-0.2, 0) is 30.6 Å². The fraction of sp³-hybridized carbons (Fsp3) is 0.200. The van der Waals surface area contributed by atoms with Gasteiger partial charge in [0.05, 0.1) is 11.5 Å². The Hall–Kier alpha value is -2.93. The molecule has 0 aromatic heterocycles. The second kappa shape index (κ2) is 7.75. The molecule has 2 aromatic rings. The number of carbonyl (C=O) groups excluding carboxylic acids is 2. The summed E-state index contributed by atoms with van der Waals surface area (Å²) in [7, 11) is -3.91. The van der Waals surface area contributed by atoms with Gasteiger partial charge in [-0.05, 0) is 30.2 Å². The molecule has 0 bridgehead atoms. The Morgan fingerprint density at radius 2 is 1.70 bits per heavy atom. The molecule has 0 unspecified atom stereocenters. The highest BCUT2D eigenvalue weighted by Gasteiger charge is 2.35. The SMILES string of the molecule is CCOC(=O)[C@H](Cc1ccccc1)NC(=O)C1=Cc2ccccc2S1(=O)=O. The lowest BCUT2D eigenvalue weighted by Gasteiger charge is -2.17. The van der Waals surface area contributed by atoms with Gasteiger partial charge in [0.1, 0.15) is 10.9 Å². The van der Waals surface area contributed by atoms with Gasteiger partial charge in [0, 0.05) is 6.42 Å². The van der Waals surface area contributed by atoms with E-state index in [1.54, 1.807) is 25.1 Å². The molecule has 1 aliphatic heterocycles. The standard InChI is InChI=1S/C20H19NO5S/c1-2-26-20(23)16(12-14-8-4-3-5-9-14)21-19(22)18-13-15-10-6-7-11-17(15)27(18,24)25/h3-11,13,16H,2,12H2,1H3,(H,21,22)/t16-/m0/s1. The molecular weight excluding hydrogens is 366 g/mol. The summed E-state index contributed by atoms with van der Waals surface area (Å²) < 4.78 is 30.3. The molecule has 1 aliphatic rings. The highest BCUT2D eigenvalue weighted by molar-refractivity contribution is 7.96. The largest absolute Gasteiger partial charge is 0.464 e. The second-order valence-electron chi connectivity index (χ2n) is 6.02. The van der Waals surface area contributed by atoms with Gasteiger partial charge in [0.15, 0.2) is 0 Å². The highest BCUT2D eigenvalue weighted by Crippen LogP contribution is 2.32. The van der Waals surface area contributed by atoms with Gasteiger partial charge < -0.3 is 10.1 Å². The first-order valence-electron chi connectivity index (χ1n) is 8.50. The van der Waals surface area contributed by atoms with Crippen LogP contribution in [0.25, 0.3) is 6.08 Å². The summed E-state index contributed by atoms with van der Waals surface area (Å²) in [6.45, 7) is 1.83. The fourth-order valence-electron chi connectivity index (χ4n) is 2.88. The lowest BCUT2D eigenvalue weighted by molar-refractivity contribution is -0.147. The first kappa shape index (κ1) is 18.8. The number of fused-ring (bicyclic) bond motifs is 1. The monoisotopic (exact) mass is 385 g/mol. The Kier molecular flexibility index (Phi) is 5.41. The smallest absolute Gasteiger partial charge is 0.328 e. The predicted octanol–water partition coefficient (Wildman–Crippen LogP) is 2.11. The van der Waals surface area contributed by atoms with Crippen molar-refractivity contribution in [3.63, 3.8) is 0 Å². The maximum atomic E-state index is 12.7. The average Bonchev–Trinajstić information content (AvgIpc) is 2.93. The summed E-state index contributed by atoms with van der Waals surface area (Å²) in [5, 5.41) is 2.52. The zero-order chi connectivity index (χ0) is 19.4. The molecule has 3 rings (SSSR count). The van der Waals surface area contributed by atoms with E-state index >= 15 is 0 Å². The first-order valence-corrected chi connectivity index (χ1v) is 9.99. The molecule has 0 spiro atoms. The van der Waals surface area contributed by atoms with Crippen LogP contribution in [0.2, 0.25) is 0 Å². The number of sulfone groups is 1. The Balaban J connectivity index is 1.84. The molecule has 1 heterocycles. The number of ether oxygens (including phenoxy) is 1. The van der Waals surface area contributed by atoms with Crippen molar-refractivity contribution in [1.29, 1.82) is 0 Å². The van der Waals surface area contributed by atoms with E-state index in [-0.39, 0.29) is 22.8 Å². The summed E-state index contributed by atoms with van der Waals surface area (Å²) in [5.74, 6) is -1.43. The Bertz CT molecular complexity index is 996. The Morgan fingerprint density at radius 1 is 1.04 bits per heavy atom. The molecule has 1 N–H and O–H groups in total. The maximum Gasteiger partial charge on any atom is 0.328 e. The van der Waals surface area contributed by atoms with Gasteiger partial charge in [-0.1, -0.05) is 48.5 Å². The minimum Gasteiger partial charge on any atom is -0.464 e. The van der Waals surface area contributed by atoms with Crippen molar-refractivity contribution >= 4 is 27.8 Å². The third-order valence-corrected chi connectivity index (χ3v) is 6.00. The van der Waals surface area contributed by atoms with Gasteiger partial charge in [-0.2, -0.15) is 0 Å². The molecule has 0 radical (unpaired) electrons. The Labute approximate surface area is 157 Å². The highest BCUT2D eigenvalue weighted by atomic mass is 32.2. The van der Waals surface area contributed by atoms with Crippen LogP contribution in [0.5, 0.6) is 0 Å². The molecule has 140 valence electrons. The topological polar surface area (TPSA) is 89.5 Å². The van der Waals surface area contributed by atoms with Crippen LogP contribution in [-0.4, -0.2) is 32.9 Å². The van der Waals surface area contributed by atoms with Crippen LogP contribution >= 0.6 is 0 Å². The summed E-state index contributed by atoms with van der Waals surface area (Å²) in [5.41, 5.74) is 1.28. The minimum absolute atomic E-state index is 0.0888. The number of hydrogen-bond acceptors (Lipinski definition) is 5.